The molecule has 3 rings (SSSR count). The lowest BCUT2D eigenvalue weighted by Crippen LogP contribution is -2.16. The summed E-state index contributed by atoms with van der Waals surface area (Å²) in [7, 11) is -3.82. The van der Waals surface area contributed by atoms with Crippen LogP contribution in [0.3, 0.4) is 0 Å². The van der Waals surface area contributed by atoms with Gasteiger partial charge in [0.05, 0.1) is 9.79 Å². The lowest BCUT2D eigenvalue weighted by molar-refractivity contribution is -0.134. The van der Waals surface area contributed by atoms with Gasteiger partial charge in [-0.25, -0.2) is 8.42 Å². The Morgan fingerprint density at radius 2 is 1.62 bits per heavy atom. The van der Waals surface area contributed by atoms with E-state index in [0.29, 0.717) is 6.42 Å². The van der Waals surface area contributed by atoms with Crippen LogP contribution in [0.5, 0.6) is 11.5 Å². The third-order valence-electron chi connectivity index (χ3n) is 4.92. The third kappa shape index (κ3) is 6.18. The fourth-order valence-electron chi connectivity index (χ4n) is 3.15. The fourth-order valence-corrected chi connectivity index (χ4v) is 4.43. The Kier molecular flexibility index (Phi) is 8.03. The summed E-state index contributed by atoms with van der Waals surface area (Å²) in [4.78, 5) is 11.8. The largest absolute Gasteiger partial charge is 0.504 e. The monoisotopic (exact) mass is 453 g/mol. The van der Waals surface area contributed by atoms with Crippen molar-refractivity contribution in [2.24, 2.45) is 0 Å². The summed E-state index contributed by atoms with van der Waals surface area (Å²) in [6, 6.07) is 20.5. The third-order valence-corrected chi connectivity index (χ3v) is 6.68. The van der Waals surface area contributed by atoms with Crippen molar-refractivity contribution in [3.63, 3.8) is 0 Å². The molecule has 168 valence electrons. The Morgan fingerprint density at radius 3 is 2.31 bits per heavy atom. The molecule has 0 aliphatic heterocycles. The first kappa shape index (κ1) is 23.5. The number of aromatic hydroxyl groups is 1. The molecular weight excluding hydrogens is 426 g/mol. The first-order valence-corrected chi connectivity index (χ1v) is 12.0. The lowest BCUT2D eigenvalue weighted by Gasteiger charge is -2.10. The normalized spacial score (nSPS) is 11.3. The minimum atomic E-state index is -3.82. The molecule has 32 heavy (non-hydrogen) atoms. The van der Waals surface area contributed by atoms with E-state index >= 15 is 0 Å². The molecule has 6 nitrogen and oxygen atoms in total. The molecule has 0 fully saturated rings. The van der Waals surface area contributed by atoms with Crippen molar-refractivity contribution in [3.8, 4) is 11.5 Å². The summed E-state index contributed by atoms with van der Waals surface area (Å²) < 4.78 is 31.1. The molecular formula is C25H27NO5S. The zero-order chi connectivity index (χ0) is 23.0. The van der Waals surface area contributed by atoms with Gasteiger partial charge in [0.15, 0.2) is 11.5 Å². The van der Waals surface area contributed by atoms with Gasteiger partial charge >= 0.3 is 5.97 Å². The lowest BCUT2D eigenvalue weighted by atomic mass is 10.1. The highest BCUT2D eigenvalue weighted by molar-refractivity contribution is 7.91. The van der Waals surface area contributed by atoms with Crippen molar-refractivity contribution < 1.29 is 23.1 Å². The first-order chi connectivity index (χ1) is 15.4. The molecule has 0 bridgehead atoms. The highest BCUT2D eigenvalue weighted by Gasteiger charge is 2.20. The van der Waals surface area contributed by atoms with E-state index in [4.69, 9.17) is 4.74 Å². The Morgan fingerprint density at radius 1 is 0.938 bits per heavy atom. The smallest absolute Gasteiger partial charge is 0.311 e. The quantitative estimate of drug-likeness (QED) is 0.271. The van der Waals surface area contributed by atoms with E-state index in [1.807, 2.05) is 25.1 Å². The maximum Gasteiger partial charge on any atom is 0.311 e. The Bertz CT molecular complexity index is 1140. The van der Waals surface area contributed by atoms with E-state index < -0.39 is 15.8 Å². The maximum atomic E-state index is 13.0. The SMILES string of the molecule is CCCC(=O)Oc1cc(S(=O)(=O)c2ccc(CCNCc3ccccc3)cc2)ccc1O. The summed E-state index contributed by atoms with van der Waals surface area (Å²) >= 11 is 0. The van der Waals surface area contributed by atoms with Gasteiger partial charge in [0.1, 0.15) is 0 Å². The van der Waals surface area contributed by atoms with Crippen LogP contribution in [0.25, 0.3) is 0 Å². The minimum Gasteiger partial charge on any atom is -0.504 e. The summed E-state index contributed by atoms with van der Waals surface area (Å²) in [5.41, 5.74) is 2.23. The second kappa shape index (κ2) is 10.9. The number of carbonyl (C=O) groups is 1. The Hall–Kier alpha value is -3.16. The fraction of sp³-hybridized carbons (Fsp3) is 0.240. The van der Waals surface area contributed by atoms with Crippen molar-refractivity contribution in [3.05, 3.63) is 83.9 Å². The van der Waals surface area contributed by atoms with Crippen LogP contribution in [0.15, 0.2) is 82.6 Å². The summed E-state index contributed by atoms with van der Waals surface area (Å²) in [5.74, 6) is -0.972. The maximum absolute atomic E-state index is 13.0. The van der Waals surface area contributed by atoms with Gasteiger partial charge in [0.25, 0.3) is 0 Å². The van der Waals surface area contributed by atoms with E-state index in [-0.39, 0.29) is 27.7 Å². The van der Waals surface area contributed by atoms with E-state index in [1.54, 1.807) is 24.3 Å². The zero-order valence-electron chi connectivity index (χ0n) is 18.0. The van der Waals surface area contributed by atoms with Crippen molar-refractivity contribution in [2.75, 3.05) is 6.54 Å². The second-order valence-corrected chi connectivity index (χ2v) is 9.36. The number of nitrogens with one attached hydrogen (secondary N) is 1. The number of rotatable bonds is 10. The molecule has 2 N–H and O–H groups in total. The highest BCUT2D eigenvalue weighted by Crippen LogP contribution is 2.31. The van der Waals surface area contributed by atoms with Crippen LogP contribution in [-0.4, -0.2) is 26.0 Å². The van der Waals surface area contributed by atoms with Gasteiger partial charge in [-0.15, -0.1) is 0 Å². The van der Waals surface area contributed by atoms with E-state index in [0.717, 1.165) is 25.1 Å². The van der Waals surface area contributed by atoms with Crippen molar-refractivity contribution in [1.29, 1.82) is 0 Å². The number of ether oxygens (including phenoxy) is 1. The van der Waals surface area contributed by atoms with Gasteiger partial charge in [-0.05, 0) is 54.8 Å². The van der Waals surface area contributed by atoms with Crippen LogP contribution in [0.2, 0.25) is 0 Å². The standard InChI is InChI=1S/C25H27NO5S/c1-2-6-25(28)31-24-17-22(13-14-23(24)27)32(29,30)21-11-9-19(10-12-21)15-16-26-18-20-7-4-3-5-8-20/h3-5,7-14,17,26-27H,2,6,15-16,18H2,1H3. The summed E-state index contributed by atoms with van der Waals surface area (Å²) in [5, 5.41) is 13.3. The number of carbonyl (C=O) groups excluding carboxylic acids is 1. The van der Waals surface area contributed by atoms with Crippen LogP contribution in [0, 0.1) is 0 Å². The highest BCUT2D eigenvalue weighted by atomic mass is 32.2. The molecule has 3 aromatic carbocycles. The molecule has 3 aromatic rings. The van der Waals surface area contributed by atoms with Crippen LogP contribution in [0.4, 0.5) is 0 Å². The average Bonchev–Trinajstić information content (AvgIpc) is 2.79. The van der Waals surface area contributed by atoms with E-state index in [9.17, 15) is 18.3 Å². The zero-order valence-corrected chi connectivity index (χ0v) is 18.8. The van der Waals surface area contributed by atoms with Crippen molar-refractivity contribution in [2.45, 2.75) is 42.5 Å². The van der Waals surface area contributed by atoms with Crippen LogP contribution < -0.4 is 10.1 Å². The van der Waals surface area contributed by atoms with Gasteiger partial charge in [-0.2, -0.15) is 0 Å². The van der Waals surface area contributed by atoms with Crippen LogP contribution >= 0.6 is 0 Å². The number of phenolic OH excluding ortho intramolecular Hbond substituents is 1. The molecule has 0 saturated carbocycles. The van der Waals surface area contributed by atoms with Gasteiger partial charge in [-0.3, -0.25) is 4.79 Å². The molecule has 7 heteroatoms. The Labute approximate surface area is 188 Å². The van der Waals surface area contributed by atoms with Crippen LogP contribution in [0.1, 0.15) is 30.9 Å². The number of esters is 1. The van der Waals surface area contributed by atoms with Gasteiger partial charge in [-0.1, -0.05) is 49.4 Å². The summed E-state index contributed by atoms with van der Waals surface area (Å²) in [6.45, 7) is 3.37. The van der Waals surface area contributed by atoms with Crippen molar-refractivity contribution >= 4 is 15.8 Å². The summed E-state index contributed by atoms with van der Waals surface area (Å²) in [6.07, 6.45) is 1.54. The molecule has 0 spiro atoms. The predicted octanol–water partition coefficient (Wildman–Crippen LogP) is 4.26. The molecule has 0 heterocycles. The number of hydrogen-bond acceptors (Lipinski definition) is 6. The molecule has 0 aliphatic carbocycles. The second-order valence-electron chi connectivity index (χ2n) is 7.41. The average molecular weight is 454 g/mol. The molecule has 0 unspecified atom stereocenters. The minimum absolute atomic E-state index is 0.0492. The molecule has 0 radical (unpaired) electrons. The predicted molar refractivity (Wildman–Crippen MR) is 122 cm³/mol. The topological polar surface area (TPSA) is 92.7 Å². The number of phenols is 1. The van der Waals surface area contributed by atoms with Gasteiger partial charge in [0.2, 0.25) is 9.84 Å². The molecule has 0 amide bonds. The first-order valence-electron chi connectivity index (χ1n) is 10.5. The molecule has 0 aromatic heterocycles. The number of benzene rings is 3. The number of sulfone groups is 1. The Balaban J connectivity index is 1.65. The van der Waals surface area contributed by atoms with Gasteiger partial charge < -0.3 is 15.2 Å². The molecule has 0 atom stereocenters. The van der Waals surface area contributed by atoms with E-state index in [1.165, 1.54) is 23.8 Å². The number of hydrogen-bond donors (Lipinski definition) is 2. The van der Waals surface area contributed by atoms with Gasteiger partial charge in [0, 0.05) is 19.0 Å². The molecule has 0 aliphatic rings. The van der Waals surface area contributed by atoms with Crippen molar-refractivity contribution in [1.82, 2.24) is 5.32 Å². The van der Waals surface area contributed by atoms with E-state index in [2.05, 4.69) is 17.4 Å². The van der Waals surface area contributed by atoms with Crippen LogP contribution in [-0.2, 0) is 27.6 Å². The molecule has 0 saturated heterocycles.